The molecule has 0 amide bonds. The van der Waals surface area contributed by atoms with Crippen molar-refractivity contribution in [3.63, 3.8) is 0 Å². The summed E-state index contributed by atoms with van der Waals surface area (Å²) in [5.41, 5.74) is 1.22. The third kappa shape index (κ3) is 3.81. The van der Waals surface area contributed by atoms with Gasteiger partial charge in [-0.05, 0) is 18.4 Å². The number of rotatable bonds is 5. The van der Waals surface area contributed by atoms with E-state index in [1.807, 2.05) is 18.2 Å². The first kappa shape index (κ1) is 13.1. The number of benzene rings is 1. The maximum absolute atomic E-state index is 11.7. The van der Waals surface area contributed by atoms with Gasteiger partial charge in [0.15, 0.2) is 0 Å². The third-order valence-electron chi connectivity index (χ3n) is 2.79. The van der Waals surface area contributed by atoms with Crippen molar-refractivity contribution in [1.29, 1.82) is 0 Å². The Morgan fingerprint density at radius 3 is 2.84 bits per heavy atom. The lowest BCUT2D eigenvalue weighted by atomic mass is 10.1. The Balaban J connectivity index is 1.87. The largest absolute Gasteiger partial charge is 0.441 e. The van der Waals surface area contributed by atoms with Gasteiger partial charge in [0.25, 0.3) is 0 Å². The summed E-state index contributed by atoms with van der Waals surface area (Å²) in [4.78, 5) is 15.5. The molecule has 0 bridgehead atoms. The predicted molar refractivity (Wildman–Crippen MR) is 72.9 cm³/mol. The molecule has 0 saturated carbocycles. The minimum absolute atomic E-state index is 0.296. The first-order chi connectivity index (χ1) is 9.29. The summed E-state index contributed by atoms with van der Waals surface area (Å²) in [6.45, 7) is 3.71. The summed E-state index contributed by atoms with van der Waals surface area (Å²) in [5.74, 6) is 0. The highest BCUT2D eigenvalue weighted by molar-refractivity contribution is 5.70. The van der Waals surface area contributed by atoms with Crippen LogP contribution in [-0.4, -0.2) is 21.7 Å². The fourth-order valence-corrected chi connectivity index (χ4v) is 1.74. The second kappa shape index (κ2) is 6.54. The van der Waals surface area contributed by atoms with Crippen LogP contribution in [0, 0.1) is 0 Å². The van der Waals surface area contributed by atoms with Crippen LogP contribution in [0.1, 0.15) is 12.0 Å². The Kier molecular flexibility index (Phi) is 4.50. The molecule has 0 fully saturated rings. The van der Waals surface area contributed by atoms with Gasteiger partial charge >= 0.3 is 6.09 Å². The third-order valence-corrected chi connectivity index (χ3v) is 2.79. The lowest BCUT2D eigenvalue weighted by Gasteiger charge is -2.13. The van der Waals surface area contributed by atoms with Gasteiger partial charge in [-0.25, -0.2) is 14.3 Å². The van der Waals surface area contributed by atoms with Crippen molar-refractivity contribution in [2.45, 2.75) is 18.9 Å². The van der Waals surface area contributed by atoms with Crippen molar-refractivity contribution in [2.24, 2.45) is 0 Å². The smallest absolute Gasteiger partial charge is 0.419 e. The van der Waals surface area contributed by atoms with Gasteiger partial charge in [0.2, 0.25) is 0 Å². The van der Waals surface area contributed by atoms with Crippen LogP contribution in [-0.2, 0) is 11.2 Å². The molecule has 2 rings (SSSR count). The molecule has 98 valence electrons. The molecule has 1 heterocycles. The normalized spacial score (nSPS) is 11.8. The van der Waals surface area contributed by atoms with Gasteiger partial charge in [-0.2, -0.15) is 0 Å². The summed E-state index contributed by atoms with van der Waals surface area (Å²) in [7, 11) is 0. The minimum atomic E-state index is -0.435. The van der Waals surface area contributed by atoms with Crippen LogP contribution in [0.3, 0.4) is 0 Å². The number of carbonyl (C=O) groups is 1. The molecule has 4 nitrogen and oxygen atoms in total. The zero-order valence-corrected chi connectivity index (χ0v) is 10.6. The molecular formula is C15H16N2O2. The quantitative estimate of drug-likeness (QED) is 0.772. The molecule has 0 spiro atoms. The first-order valence-electron chi connectivity index (χ1n) is 6.15. The van der Waals surface area contributed by atoms with Crippen molar-refractivity contribution in [2.75, 3.05) is 0 Å². The van der Waals surface area contributed by atoms with Crippen LogP contribution in [0.4, 0.5) is 4.79 Å². The van der Waals surface area contributed by atoms with Crippen LogP contribution < -0.4 is 0 Å². The summed E-state index contributed by atoms with van der Waals surface area (Å²) >= 11 is 0. The van der Waals surface area contributed by atoms with Gasteiger partial charge in [-0.1, -0.05) is 43.0 Å². The number of ether oxygens (including phenoxy) is 1. The van der Waals surface area contributed by atoms with Crippen LogP contribution >= 0.6 is 0 Å². The highest BCUT2D eigenvalue weighted by Gasteiger charge is 2.12. The van der Waals surface area contributed by atoms with E-state index in [2.05, 4.69) is 23.7 Å². The van der Waals surface area contributed by atoms with E-state index in [9.17, 15) is 4.79 Å². The zero-order chi connectivity index (χ0) is 13.5. The standard InChI is InChI=1S/C15H16N2O2/c1-2-14(9-8-13-6-4-3-5-7-13)19-15(18)17-11-10-16-12-17/h2-7,10-12,14H,1,8-9H2. The average Bonchev–Trinajstić information content (AvgIpc) is 2.98. The second-order valence-corrected chi connectivity index (χ2v) is 4.15. The van der Waals surface area contributed by atoms with Gasteiger partial charge in [0.05, 0.1) is 0 Å². The van der Waals surface area contributed by atoms with Gasteiger partial charge < -0.3 is 4.74 Å². The number of hydrogen-bond donors (Lipinski definition) is 0. The predicted octanol–water partition coefficient (Wildman–Crippen LogP) is 3.06. The van der Waals surface area contributed by atoms with E-state index in [4.69, 9.17) is 4.74 Å². The maximum Gasteiger partial charge on any atom is 0.419 e. The molecule has 0 aliphatic carbocycles. The minimum Gasteiger partial charge on any atom is -0.441 e. The molecule has 1 atom stereocenters. The number of imidazole rings is 1. The van der Waals surface area contributed by atoms with Crippen LogP contribution in [0.15, 0.2) is 61.7 Å². The molecule has 19 heavy (non-hydrogen) atoms. The van der Waals surface area contributed by atoms with Crippen molar-refractivity contribution in [3.05, 3.63) is 67.3 Å². The van der Waals surface area contributed by atoms with Gasteiger partial charge in [-0.3, -0.25) is 0 Å². The van der Waals surface area contributed by atoms with E-state index in [0.717, 1.165) is 6.42 Å². The topological polar surface area (TPSA) is 44.1 Å². The molecule has 0 radical (unpaired) electrons. The molecule has 4 heteroatoms. The van der Waals surface area contributed by atoms with Crippen molar-refractivity contribution >= 4 is 6.09 Å². The summed E-state index contributed by atoms with van der Waals surface area (Å²) in [6.07, 6.45) is 6.99. The number of aromatic nitrogens is 2. The van der Waals surface area contributed by atoms with E-state index in [-0.39, 0.29) is 6.10 Å². The zero-order valence-electron chi connectivity index (χ0n) is 10.6. The van der Waals surface area contributed by atoms with Crippen molar-refractivity contribution in [1.82, 2.24) is 9.55 Å². The number of hydrogen-bond acceptors (Lipinski definition) is 3. The molecule has 0 N–H and O–H groups in total. The summed E-state index contributed by atoms with van der Waals surface area (Å²) in [5, 5.41) is 0. The summed E-state index contributed by atoms with van der Waals surface area (Å²) in [6, 6.07) is 10.1. The molecule has 0 saturated heterocycles. The highest BCUT2D eigenvalue weighted by atomic mass is 16.6. The molecule has 0 aliphatic rings. The molecular weight excluding hydrogens is 240 g/mol. The van der Waals surface area contributed by atoms with Crippen LogP contribution in [0.2, 0.25) is 0 Å². The van der Waals surface area contributed by atoms with E-state index in [1.54, 1.807) is 12.3 Å². The summed E-state index contributed by atoms with van der Waals surface area (Å²) < 4.78 is 6.64. The first-order valence-corrected chi connectivity index (χ1v) is 6.15. The lowest BCUT2D eigenvalue weighted by Crippen LogP contribution is -2.20. The molecule has 1 aromatic carbocycles. The number of nitrogens with zero attached hydrogens (tertiary/aromatic N) is 2. The van der Waals surface area contributed by atoms with Crippen LogP contribution in [0.25, 0.3) is 0 Å². The van der Waals surface area contributed by atoms with E-state index in [0.29, 0.717) is 6.42 Å². The Labute approximate surface area is 112 Å². The van der Waals surface area contributed by atoms with Crippen LogP contribution in [0.5, 0.6) is 0 Å². The molecule has 1 aromatic heterocycles. The Morgan fingerprint density at radius 1 is 1.42 bits per heavy atom. The fraction of sp³-hybridized carbons (Fsp3) is 0.200. The van der Waals surface area contributed by atoms with E-state index < -0.39 is 6.09 Å². The molecule has 0 aliphatic heterocycles. The van der Waals surface area contributed by atoms with E-state index in [1.165, 1.54) is 22.7 Å². The lowest BCUT2D eigenvalue weighted by molar-refractivity contribution is 0.117. The highest BCUT2D eigenvalue weighted by Crippen LogP contribution is 2.09. The average molecular weight is 256 g/mol. The molecule has 1 unspecified atom stereocenters. The van der Waals surface area contributed by atoms with Gasteiger partial charge in [-0.15, -0.1) is 0 Å². The Hall–Kier alpha value is -2.36. The van der Waals surface area contributed by atoms with E-state index >= 15 is 0 Å². The van der Waals surface area contributed by atoms with Gasteiger partial charge in [0, 0.05) is 12.4 Å². The fourth-order valence-electron chi connectivity index (χ4n) is 1.74. The number of aryl methyl sites for hydroxylation is 1. The van der Waals surface area contributed by atoms with Gasteiger partial charge in [0.1, 0.15) is 12.4 Å². The second-order valence-electron chi connectivity index (χ2n) is 4.15. The Morgan fingerprint density at radius 2 is 2.21 bits per heavy atom. The maximum atomic E-state index is 11.7. The number of carbonyl (C=O) groups excluding carboxylic acids is 1. The van der Waals surface area contributed by atoms with Crippen molar-refractivity contribution < 1.29 is 9.53 Å². The Bertz CT molecular complexity index is 520. The SMILES string of the molecule is C=CC(CCc1ccccc1)OC(=O)n1ccnc1. The monoisotopic (exact) mass is 256 g/mol. The molecule has 2 aromatic rings. The van der Waals surface area contributed by atoms with Crippen molar-refractivity contribution in [3.8, 4) is 0 Å².